The van der Waals surface area contributed by atoms with Crippen LogP contribution in [0.1, 0.15) is 19.4 Å². The molecule has 0 aliphatic rings. The molecule has 0 saturated heterocycles. The topological polar surface area (TPSA) is 42.7 Å². The number of hydrogen-bond donors (Lipinski definition) is 1. The summed E-state index contributed by atoms with van der Waals surface area (Å²) in [4.78, 5) is 9.20. The number of aromatic nitrogens is 3. The number of hydrogen-bond acceptors (Lipinski definition) is 3. The summed E-state index contributed by atoms with van der Waals surface area (Å²) in [6, 6.07) is 18.8. The van der Waals surface area contributed by atoms with Gasteiger partial charge in [0, 0.05) is 24.0 Å². The van der Waals surface area contributed by atoms with E-state index >= 15 is 0 Å². The summed E-state index contributed by atoms with van der Waals surface area (Å²) in [6.07, 6.45) is 3.83. The van der Waals surface area contributed by atoms with Crippen molar-refractivity contribution in [1.29, 1.82) is 0 Å². The minimum atomic E-state index is 0.536. The van der Waals surface area contributed by atoms with Crippen molar-refractivity contribution in [3.05, 3.63) is 72.7 Å². The molecule has 0 aliphatic heterocycles. The molecule has 4 nitrogen and oxygen atoms in total. The summed E-state index contributed by atoms with van der Waals surface area (Å²) in [6.45, 7) is 7.39. The minimum absolute atomic E-state index is 0.536. The van der Waals surface area contributed by atoms with Gasteiger partial charge in [-0.15, -0.1) is 0 Å². The van der Waals surface area contributed by atoms with Gasteiger partial charge in [0.2, 0.25) is 0 Å². The SMILES string of the molecule is Cc1ccccc1-n1cc(-c2ccccc2)c2c(NCC(C)C)ncnc21. The molecule has 2 aromatic heterocycles. The quantitative estimate of drug-likeness (QED) is 0.516. The average molecular weight is 356 g/mol. The van der Waals surface area contributed by atoms with Gasteiger partial charge < -0.3 is 9.88 Å². The molecule has 136 valence electrons. The number of anilines is 1. The van der Waals surface area contributed by atoms with Crippen LogP contribution in [0.25, 0.3) is 27.8 Å². The van der Waals surface area contributed by atoms with E-state index in [2.05, 4.69) is 95.4 Å². The van der Waals surface area contributed by atoms with Gasteiger partial charge in [-0.25, -0.2) is 9.97 Å². The van der Waals surface area contributed by atoms with Crippen LogP contribution >= 0.6 is 0 Å². The maximum Gasteiger partial charge on any atom is 0.150 e. The van der Waals surface area contributed by atoms with E-state index in [1.54, 1.807) is 6.33 Å². The zero-order chi connectivity index (χ0) is 18.8. The van der Waals surface area contributed by atoms with Crippen LogP contribution in [0.5, 0.6) is 0 Å². The Kier molecular flexibility index (Phi) is 4.63. The molecule has 0 spiro atoms. The van der Waals surface area contributed by atoms with Crippen molar-refractivity contribution in [2.45, 2.75) is 20.8 Å². The van der Waals surface area contributed by atoms with Crippen molar-refractivity contribution < 1.29 is 0 Å². The minimum Gasteiger partial charge on any atom is -0.369 e. The zero-order valence-corrected chi connectivity index (χ0v) is 16.0. The van der Waals surface area contributed by atoms with Crippen LogP contribution in [0.3, 0.4) is 0 Å². The highest BCUT2D eigenvalue weighted by Crippen LogP contribution is 2.35. The molecule has 0 aliphatic carbocycles. The van der Waals surface area contributed by atoms with Crippen LogP contribution in [-0.2, 0) is 0 Å². The highest BCUT2D eigenvalue weighted by atomic mass is 15.1. The monoisotopic (exact) mass is 356 g/mol. The Morgan fingerprint density at radius 3 is 2.44 bits per heavy atom. The third kappa shape index (κ3) is 3.31. The Morgan fingerprint density at radius 2 is 1.70 bits per heavy atom. The van der Waals surface area contributed by atoms with Crippen LogP contribution in [0.2, 0.25) is 0 Å². The summed E-state index contributed by atoms with van der Waals surface area (Å²) in [5.74, 6) is 1.42. The summed E-state index contributed by atoms with van der Waals surface area (Å²) in [5, 5.41) is 4.57. The number of aryl methyl sites for hydroxylation is 1. The smallest absolute Gasteiger partial charge is 0.150 e. The van der Waals surface area contributed by atoms with E-state index in [9.17, 15) is 0 Å². The third-order valence-corrected chi connectivity index (χ3v) is 4.72. The number of nitrogens with one attached hydrogen (secondary N) is 1. The fourth-order valence-electron chi connectivity index (χ4n) is 3.35. The molecule has 4 rings (SSSR count). The van der Waals surface area contributed by atoms with Crippen LogP contribution < -0.4 is 5.32 Å². The van der Waals surface area contributed by atoms with Gasteiger partial charge >= 0.3 is 0 Å². The van der Waals surface area contributed by atoms with Gasteiger partial charge in [0.25, 0.3) is 0 Å². The Morgan fingerprint density at radius 1 is 0.963 bits per heavy atom. The standard InChI is InChI=1S/C23H24N4/c1-16(2)13-24-22-21-19(18-10-5-4-6-11-18)14-27(23(21)26-15-25-22)20-12-8-7-9-17(20)3/h4-12,14-16H,13H2,1-3H3,(H,24,25,26). The first kappa shape index (κ1) is 17.3. The van der Waals surface area contributed by atoms with Gasteiger partial charge in [-0.2, -0.15) is 0 Å². The van der Waals surface area contributed by atoms with Crippen molar-refractivity contribution in [3.8, 4) is 16.8 Å². The fraction of sp³-hybridized carbons (Fsp3) is 0.217. The number of nitrogens with zero attached hydrogens (tertiary/aromatic N) is 3. The van der Waals surface area contributed by atoms with Crippen LogP contribution in [0, 0.1) is 12.8 Å². The molecule has 0 bridgehead atoms. The maximum absolute atomic E-state index is 4.64. The van der Waals surface area contributed by atoms with Gasteiger partial charge in [-0.05, 0) is 30.0 Å². The summed E-state index contributed by atoms with van der Waals surface area (Å²) in [5.41, 5.74) is 5.57. The second kappa shape index (κ2) is 7.23. The number of rotatable bonds is 5. The Labute approximate surface area is 159 Å². The molecule has 0 amide bonds. The molecule has 2 heterocycles. The summed E-state index contributed by atoms with van der Waals surface area (Å²) >= 11 is 0. The molecule has 0 fully saturated rings. The summed E-state index contributed by atoms with van der Waals surface area (Å²) in [7, 11) is 0. The number of para-hydroxylation sites is 1. The molecule has 0 saturated carbocycles. The largest absolute Gasteiger partial charge is 0.369 e. The third-order valence-electron chi connectivity index (χ3n) is 4.72. The molecular weight excluding hydrogens is 332 g/mol. The van der Waals surface area contributed by atoms with E-state index in [-0.39, 0.29) is 0 Å². The van der Waals surface area contributed by atoms with Crippen LogP contribution in [0.15, 0.2) is 67.1 Å². The molecule has 0 unspecified atom stereocenters. The maximum atomic E-state index is 4.64. The van der Waals surface area contributed by atoms with Crippen molar-refractivity contribution in [2.75, 3.05) is 11.9 Å². The van der Waals surface area contributed by atoms with E-state index in [1.165, 1.54) is 5.56 Å². The van der Waals surface area contributed by atoms with Gasteiger partial charge in [-0.3, -0.25) is 0 Å². The molecule has 2 aromatic carbocycles. The van der Waals surface area contributed by atoms with Crippen LogP contribution in [-0.4, -0.2) is 21.1 Å². The predicted octanol–water partition coefficient (Wildman–Crippen LogP) is 5.46. The van der Waals surface area contributed by atoms with E-state index in [0.717, 1.165) is 40.2 Å². The van der Waals surface area contributed by atoms with Crippen molar-refractivity contribution in [3.63, 3.8) is 0 Å². The summed E-state index contributed by atoms with van der Waals surface area (Å²) < 4.78 is 2.18. The van der Waals surface area contributed by atoms with Crippen molar-refractivity contribution >= 4 is 16.9 Å². The predicted molar refractivity (Wildman–Crippen MR) is 112 cm³/mol. The van der Waals surface area contributed by atoms with Gasteiger partial charge in [0.1, 0.15) is 12.1 Å². The Bertz CT molecular complexity index is 1060. The molecule has 27 heavy (non-hydrogen) atoms. The lowest BCUT2D eigenvalue weighted by Gasteiger charge is -2.11. The Balaban J connectivity index is 1.99. The highest BCUT2D eigenvalue weighted by molar-refractivity contribution is 6.02. The first-order valence-electron chi connectivity index (χ1n) is 9.36. The zero-order valence-electron chi connectivity index (χ0n) is 16.0. The lowest BCUT2D eigenvalue weighted by molar-refractivity contribution is 0.687. The molecule has 4 heteroatoms. The fourth-order valence-corrected chi connectivity index (χ4v) is 3.35. The van der Waals surface area contributed by atoms with E-state index in [1.807, 2.05) is 6.07 Å². The van der Waals surface area contributed by atoms with Crippen molar-refractivity contribution in [1.82, 2.24) is 14.5 Å². The van der Waals surface area contributed by atoms with E-state index < -0.39 is 0 Å². The number of fused-ring (bicyclic) bond motifs is 1. The van der Waals surface area contributed by atoms with Gasteiger partial charge in [0.15, 0.2) is 5.65 Å². The normalized spacial score (nSPS) is 11.3. The molecule has 1 N–H and O–H groups in total. The lowest BCUT2D eigenvalue weighted by Crippen LogP contribution is -2.10. The molecule has 0 atom stereocenters. The first-order chi connectivity index (χ1) is 13.1. The lowest BCUT2D eigenvalue weighted by atomic mass is 10.1. The van der Waals surface area contributed by atoms with E-state index in [0.29, 0.717) is 5.92 Å². The Hall–Kier alpha value is -3.14. The average Bonchev–Trinajstić information content (AvgIpc) is 3.07. The van der Waals surface area contributed by atoms with E-state index in [4.69, 9.17) is 0 Å². The van der Waals surface area contributed by atoms with Gasteiger partial charge in [0.05, 0.1) is 5.39 Å². The highest BCUT2D eigenvalue weighted by Gasteiger charge is 2.18. The molecule has 0 radical (unpaired) electrons. The van der Waals surface area contributed by atoms with Gasteiger partial charge in [-0.1, -0.05) is 62.4 Å². The molecule has 4 aromatic rings. The molecular formula is C23H24N4. The first-order valence-corrected chi connectivity index (χ1v) is 9.36. The van der Waals surface area contributed by atoms with Crippen molar-refractivity contribution in [2.24, 2.45) is 5.92 Å². The second-order valence-corrected chi connectivity index (χ2v) is 7.26. The number of benzene rings is 2. The second-order valence-electron chi connectivity index (χ2n) is 7.26. The van der Waals surface area contributed by atoms with Crippen LogP contribution in [0.4, 0.5) is 5.82 Å².